The van der Waals surface area contributed by atoms with E-state index in [0.29, 0.717) is 13.2 Å². The van der Waals surface area contributed by atoms with Crippen LogP contribution in [0.1, 0.15) is 50.1 Å². The van der Waals surface area contributed by atoms with Crippen LogP contribution in [0.5, 0.6) is 11.5 Å². The Hall–Kier alpha value is -0.930. The van der Waals surface area contributed by atoms with Gasteiger partial charge in [-0.1, -0.05) is 37.3 Å². The molecule has 0 aromatic heterocycles. The second kappa shape index (κ2) is 6.89. The largest absolute Gasteiger partial charge is 0.486 e. The van der Waals surface area contributed by atoms with E-state index in [9.17, 15) is 0 Å². The molecule has 0 amide bonds. The van der Waals surface area contributed by atoms with Gasteiger partial charge < -0.3 is 14.8 Å². The topological polar surface area (TPSA) is 30.5 Å². The van der Waals surface area contributed by atoms with Crippen molar-refractivity contribution >= 4 is 11.6 Å². The van der Waals surface area contributed by atoms with E-state index in [0.717, 1.165) is 34.4 Å². The van der Waals surface area contributed by atoms with Gasteiger partial charge in [0.25, 0.3) is 0 Å². The minimum Gasteiger partial charge on any atom is -0.486 e. The number of hydrogen-bond acceptors (Lipinski definition) is 3. The van der Waals surface area contributed by atoms with Crippen LogP contribution in [0.4, 0.5) is 0 Å². The summed E-state index contributed by atoms with van der Waals surface area (Å²) >= 11 is 6.45. The van der Waals surface area contributed by atoms with Gasteiger partial charge in [0.1, 0.15) is 13.2 Å². The molecule has 0 spiro atoms. The van der Waals surface area contributed by atoms with Crippen molar-refractivity contribution in [3.63, 3.8) is 0 Å². The quantitative estimate of drug-likeness (QED) is 0.877. The Morgan fingerprint density at radius 1 is 1.19 bits per heavy atom. The minimum atomic E-state index is 0.286. The van der Waals surface area contributed by atoms with Crippen LogP contribution in [-0.2, 0) is 0 Å². The van der Waals surface area contributed by atoms with Gasteiger partial charge in [0.2, 0.25) is 0 Å². The summed E-state index contributed by atoms with van der Waals surface area (Å²) in [5, 5.41) is 4.18. The van der Waals surface area contributed by atoms with Crippen LogP contribution in [-0.4, -0.2) is 20.3 Å². The van der Waals surface area contributed by atoms with Crippen molar-refractivity contribution in [2.75, 3.05) is 20.3 Å². The molecule has 1 saturated carbocycles. The zero-order chi connectivity index (χ0) is 14.7. The van der Waals surface area contributed by atoms with Gasteiger partial charge in [-0.3, -0.25) is 0 Å². The van der Waals surface area contributed by atoms with E-state index in [1.54, 1.807) is 0 Å². The molecule has 0 saturated heterocycles. The van der Waals surface area contributed by atoms with E-state index < -0.39 is 0 Å². The molecule has 0 bridgehead atoms. The lowest BCUT2D eigenvalue weighted by Gasteiger charge is -2.24. The summed E-state index contributed by atoms with van der Waals surface area (Å²) in [5.41, 5.74) is 1.13. The van der Waals surface area contributed by atoms with Crippen molar-refractivity contribution < 1.29 is 9.47 Å². The Morgan fingerprint density at radius 3 is 2.52 bits per heavy atom. The Labute approximate surface area is 132 Å². The highest BCUT2D eigenvalue weighted by Gasteiger charge is 2.22. The number of ether oxygens (including phenoxy) is 2. The third-order valence-corrected chi connectivity index (χ3v) is 5.05. The molecule has 1 unspecified atom stereocenters. The van der Waals surface area contributed by atoms with Crippen LogP contribution in [0.25, 0.3) is 0 Å². The normalized spacial score (nSPS) is 19.7. The van der Waals surface area contributed by atoms with E-state index in [4.69, 9.17) is 21.1 Å². The lowest BCUT2D eigenvalue weighted by Crippen LogP contribution is -2.20. The van der Waals surface area contributed by atoms with Gasteiger partial charge in [-0.15, -0.1) is 0 Å². The fourth-order valence-electron chi connectivity index (χ4n) is 3.50. The molecule has 1 aromatic rings. The fourth-order valence-corrected chi connectivity index (χ4v) is 3.79. The maximum Gasteiger partial charge on any atom is 0.162 e. The zero-order valence-corrected chi connectivity index (χ0v) is 13.4. The maximum absolute atomic E-state index is 6.45. The Kier molecular flexibility index (Phi) is 4.91. The number of nitrogens with one attached hydrogen (secondary N) is 1. The molecule has 1 atom stereocenters. The summed E-state index contributed by atoms with van der Waals surface area (Å²) in [7, 11) is 2.01. The molecule has 1 aliphatic carbocycles. The molecule has 1 aliphatic heterocycles. The summed E-state index contributed by atoms with van der Waals surface area (Å²) in [5.74, 6) is 2.49. The third kappa shape index (κ3) is 3.46. The Balaban J connectivity index is 1.72. The number of benzene rings is 1. The fraction of sp³-hybridized carbons (Fsp3) is 0.647. The molecule has 4 heteroatoms. The van der Waals surface area contributed by atoms with Crippen molar-refractivity contribution in [3.8, 4) is 11.5 Å². The maximum atomic E-state index is 6.45. The Bertz CT molecular complexity index is 486. The highest BCUT2D eigenvalue weighted by atomic mass is 35.5. The van der Waals surface area contributed by atoms with Crippen LogP contribution in [0.3, 0.4) is 0 Å². The SMILES string of the molecule is CNC(CCC1CCCC1)c1cc2c(cc1Cl)OCCO2. The average Bonchev–Trinajstić information content (AvgIpc) is 3.01. The molecule has 1 fully saturated rings. The van der Waals surface area contributed by atoms with Crippen LogP contribution < -0.4 is 14.8 Å². The van der Waals surface area contributed by atoms with Crippen LogP contribution >= 0.6 is 11.6 Å². The number of rotatable bonds is 5. The first-order chi connectivity index (χ1) is 10.3. The average molecular weight is 310 g/mol. The molecule has 116 valence electrons. The highest BCUT2D eigenvalue weighted by Crippen LogP contribution is 2.39. The predicted octanol–water partition coefficient (Wildman–Crippen LogP) is 4.34. The van der Waals surface area contributed by atoms with E-state index in [1.807, 2.05) is 19.2 Å². The first kappa shape index (κ1) is 15.0. The number of halogens is 1. The van der Waals surface area contributed by atoms with E-state index in [1.165, 1.54) is 32.1 Å². The molecule has 3 rings (SSSR count). The van der Waals surface area contributed by atoms with Gasteiger partial charge in [0.15, 0.2) is 11.5 Å². The summed E-state index contributed by atoms with van der Waals surface area (Å²) in [6, 6.07) is 4.23. The van der Waals surface area contributed by atoms with Crippen molar-refractivity contribution in [2.45, 2.75) is 44.6 Å². The van der Waals surface area contributed by atoms with Gasteiger partial charge in [-0.25, -0.2) is 0 Å². The second-order valence-corrected chi connectivity index (χ2v) is 6.49. The summed E-state index contributed by atoms with van der Waals surface area (Å²) in [4.78, 5) is 0. The van der Waals surface area contributed by atoms with Crippen LogP contribution in [0.15, 0.2) is 12.1 Å². The smallest absolute Gasteiger partial charge is 0.162 e. The molecule has 21 heavy (non-hydrogen) atoms. The Morgan fingerprint density at radius 2 is 1.86 bits per heavy atom. The predicted molar refractivity (Wildman–Crippen MR) is 85.4 cm³/mol. The van der Waals surface area contributed by atoms with Gasteiger partial charge in [-0.2, -0.15) is 0 Å². The van der Waals surface area contributed by atoms with E-state index in [2.05, 4.69) is 5.32 Å². The second-order valence-electron chi connectivity index (χ2n) is 6.09. The van der Waals surface area contributed by atoms with Crippen LogP contribution in [0.2, 0.25) is 5.02 Å². The van der Waals surface area contributed by atoms with Crippen molar-refractivity contribution in [1.82, 2.24) is 5.32 Å². The van der Waals surface area contributed by atoms with Gasteiger partial charge in [0, 0.05) is 17.1 Å². The first-order valence-electron chi connectivity index (χ1n) is 8.04. The molecule has 1 heterocycles. The van der Waals surface area contributed by atoms with Crippen molar-refractivity contribution in [1.29, 1.82) is 0 Å². The number of fused-ring (bicyclic) bond motifs is 1. The summed E-state index contributed by atoms with van der Waals surface area (Å²) in [6.45, 7) is 1.21. The van der Waals surface area contributed by atoms with Crippen molar-refractivity contribution in [2.24, 2.45) is 5.92 Å². The first-order valence-corrected chi connectivity index (χ1v) is 8.42. The molecule has 2 aliphatic rings. The molecule has 3 nitrogen and oxygen atoms in total. The summed E-state index contributed by atoms with van der Waals surface area (Å²) < 4.78 is 11.3. The van der Waals surface area contributed by atoms with E-state index in [-0.39, 0.29) is 6.04 Å². The lowest BCUT2D eigenvalue weighted by molar-refractivity contribution is 0.171. The lowest BCUT2D eigenvalue weighted by atomic mass is 9.94. The van der Waals surface area contributed by atoms with Crippen molar-refractivity contribution in [3.05, 3.63) is 22.7 Å². The number of hydrogen-bond donors (Lipinski definition) is 1. The molecule has 1 aromatic carbocycles. The molecular weight excluding hydrogens is 286 g/mol. The zero-order valence-electron chi connectivity index (χ0n) is 12.7. The van der Waals surface area contributed by atoms with E-state index >= 15 is 0 Å². The van der Waals surface area contributed by atoms with Gasteiger partial charge in [-0.05, 0) is 37.4 Å². The summed E-state index contributed by atoms with van der Waals surface area (Å²) in [6.07, 6.45) is 7.99. The standard InChI is InChI=1S/C17H24ClNO2/c1-19-15(7-6-12-4-2-3-5-12)13-10-16-17(11-14(13)18)21-9-8-20-16/h10-12,15,19H,2-9H2,1H3. The molecule has 0 radical (unpaired) electrons. The minimum absolute atomic E-state index is 0.286. The molecule has 1 N–H and O–H groups in total. The van der Waals surface area contributed by atoms with Gasteiger partial charge >= 0.3 is 0 Å². The highest BCUT2D eigenvalue weighted by molar-refractivity contribution is 6.31. The third-order valence-electron chi connectivity index (χ3n) is 4.72. The van der Waals surface area contributed by atoms with Gasteiger partial charge in [0.05, 0.1) is 0 Å². The molecular formula is C17H24ClNO2. The van der Waals surface area contributed by atoms with Crippen LogP contribution in [0, 0.1) is 5.92 Å². The monoisotopic (exact) mass is 309 g/mol.